The number of benzene rings is 1. The highest BCUT2D eigenvalue weighted by Gasteiger charge is 2.21. The number of hydrogen-bond donors (Lipinski definition) is 1. The molecule has 4 aromatic rings. The minimum absolute atomic E-state index is 0.553. The zero-order valence-electron chi connectivity index (χ0n) is 21.0. The van der Waals surface area contributed by atoms with Crippen LogP contribution < -0.4 is 5.32 Å². The minimum atomic E-state index is 0.553. The summed E-state index contributed by atoms with van der Waals surface area (Å²) in [5.41, 5.74) is 4.56. The number of rotatable bonds is 8. The van der Waals surface area contributed by atoms with Crippen molar-refractivity contribution in [3.8, 4) is 22.5 Å². The van der Waals surface area contributed by atoms with E-state index in [1.54, 1.807) is 12.4 Å². The summed E-state index contributed by atoms with van der Waals surface area (Å²) in [6.07, 6.45) is 9.84. The normalized spacial score (nSPS) is 14.9. The van der Waals surface area contributed by atoms with Crippen LogP contribution in [0, 0.1) is 0 Å². The van der Waals surface area contributed by atoms with Crippen molar-refractivity contribution in [2.45, 2.75) is 37.2 Å². The monoisotopic (exact) mass is 500 g/mol. The van der Waals surface area contributed by atoms with Crippen LogP contribution in [0.2, 0.25) is 0 Å². The number of piperidine rings is 1. The van der Waals surface area contributed by atoms with Gasteiger partial charge in [-0.05, 0) is 101 Å². The first-order chi connectivity index (χ1) is 17.6. The largest absolute Gasteiger partial charge is 0.324 e. The molecule has 3 aromatic heterocycles. The van der Waals surface area contributed by atoms with Gasteiger partial charge in [-0.1, -0.05) is 0 Å². The molecule has 4 heterocycles. The van der Waals surface area contributed by atoms with Crippen molar-refractivity contribution in [3.63, 3.8) is 0 Å². The van der Waals surface area contributed by atoms with E-state index in [0.29, 0.717) is 12.0 Å². The summed E-state index contributed by atoms with van der Waals surface area (Å²) < 4.78 is 4.32. The SMILES string of the molecule is CCn1cc(-c2ccnc(Nc3ccc(SN(C)C4CCN(C)CC4)cc3)n2)c(-c2cccnc2)n1. The maximum absolute atomic E-state index is 4.80. The molecular weight excluding hydrogens is 468 g/mol. The molecule has 9 heteroatoms. The molecule has 8 nitrogen and oxygen atoms in total. The van der Waals surface area contributed by atoms with E-state index in [1.165, 1.54) is 30.8 Å². The Morgan fingerprint density at radius 2 is 1.89 bits per heavy atom. The Bertz CT molecular complexity index is 1270. The summed E-state index contributed by atoms with van der Waals surface area (Å²) in [7, 11) is 4.40. The van der Waals surface area contributed by atoms with Gasteiger partial charge in [-0.15, -0.1) is 0 Å². The lowest BCUT2D eigenvalue weighted by molar-refractivity contribution is 0.205. The topological polar surface area (TPSA) is 75.0 Å². The molecule has 1 aliphatic heterocycles. The van der Waals surface area contributed by atoms with Gasteiger partial charge in [-0.2, -0.15) is 5.10 Å². The number of nitrogens with one attached hydrogen (secondary N) is 1. The first kappa shape index (κ1) is 24.4. The van der Waals surface area contributed by atoms with Crippen molar-refractivity contribution in [1.29, 1.82) is 0 Å². The van der Waals surface area contributed by atoms with Gasteiger partial charge >= 0.3 is 0 Å². The first-order valence-electron chi connectivity index (χ1n) is 12.4. The van der Waals surface area contributed by atoms with Crippen molar-refractivity contribution in [2.75, 3.05) is 32.5 Å². The Hall–Kier alpha value is -3.27. The van der Waals surface area contributed by atoms with Crippen LogP contribution >= 0.6 is 11.9 Å². The Balaban J connectivity index is 1.29. The van der Waals surface area contributed by atoms with Crippen LogP contribution in [0.1, 0.15) is 19.8 Å². The lowest BCUT2D eigenvalue weighted by Crippen LogP contribution is -2.39. The van der Waals surface area contributed by atoms with Gasteiger partial charge in [0.1, 0.15) is 5.69 Å². The molecule has 0 unspecified atom stereocenters. The van der Waals surface area contributed by atoms with Crippen LogP contribution in [0.4, 0.5) is 11.6 Å². The van der Waals surface area contributed by atoms with Gasteiger partial charge in [-0.3, -0.25) is 9.67 Å². The Kier molecular flexibility index (Phi) is 7.60. The molecule has 5 rings (SSSR count). The van der Waals surface area contributed by atoms with E-state index in [-0.39, 0.29) is 0 Å². The van der Waals surface area contributed by atoms with Crippen molar-refractivity contribution >= 4 is 23.6 Å². The highest BCUT2D eigenvalue weighted by Crippen LogP contribution is 2.31. The van der Waals surface area contributed by atoms with Crippen LogP contribution in [0.5, 0.6) is 0 Å². The van der Waals surface area contributed by atoms with Gasteiger partial charge in [0.2, 0.25) is 5.95 Å². The fourth-order valence-corrected chi connectivity index (χ4v) is 5.33. The molecular formula is C27H32N8S. The fraction of sp³-hybridized carbons (Fsp3) is 0.333. The molecule has 1 aliphatic rings. The predicted octanol–water partition coefficient (Wildman–Crippen LogP) is 5.20. The number of aryl methyl sites for hydroxylation is 1. The third-order valence-electron chi connectivity index (χ3n) is 6.51. The first-order valence-corrected chi connectivity index (χ1v) is 13.1. The van der Waals surface area contributed by atoms with E-state index in [0.717, 1.165) is 34.7 Å². The number of likely N-dealkylation sites (tertiary alicyclic amines) is 1. The quantitative estimate of drug-likeness (QED) is 0.331. The molecule has 0 amide bonds. The molecule has 186 valence electrons. The molecule has 1 saturated heterocycles. The van der Waals surface area contributed by atoms with E-state index in [2.05, 4.69) is 69.8 Å². The summed E-state index contributed by atoms with van der Waals surface area (Å²) in [6.45, 7) is 5.19. The maximum Gasteiger partial charge on any atom is 0.227 e. The summed E-state index contributed by atoms with van der Waals surface area (Å²) in [5, 5.41) is 8.10. The molecule has 1 N–H and O–H groups in total. The molecule has 36 heavy (non-hydrogen) atoms. The highest BCUT2D eigenvalue weighted by molar-refractivity contribution is 7.97. The zero-order valence-corrected chi connectivity index (χ0v) is 21.8. The van der Waals surface area contributed by atoms with Crippen molar-refractivity contribution < 1.29 is 0 Å². The smallest absolute Gasteiger partial charge is 0.227 e. The Morgan fingerprint density at radius 3 is 2.61 bits per heavy atom. The molecule has 0 bridgehead atoms. The van der Waals surface area contributed by atoms with Crippen LogP contribution in [0.3, 0.4) is 0 Å². The van der Waals surface area contributed by atoms with Crippen LogP contribution in [0.25, 0.3) is 22.5 Å². The molecule has 1 fully saturated rings. The number of hydrogen-bond acceptors (Lipinski definition) is 8. The number of pyridine rings is 1. The van der Waals surface area contributed by atoms with E-state index in [4.69, 9.17) is 10.1 Å². The second-order valence-corrected chi connectivity index (χ2v) is 10.3. The van der Waals surface area contributed by atoms with Gasteiger partial charge < -0.3 is 10.2 Å². The second kappa shape index (κ2) is 11.2. The summed E-state index contributed by atoms with van der Waals surface area (Å²) in [6, 6.07) is 14.9. The Labute approximate surface area is 216 Å². The zero-order chi connectivity index (χ0) is 24.9. The Morgan fingerprint density at radius 1 is 1.08 bits per heavy atom. The molecule has 0 spiro atoms. The van der Waals surface area contributed by atoms with Gasteiger partial charge in [0.25, 0.3) is 0 Å². The number of nitrogens with zero attached hydrogens (tertiary/aromatic N) is 7. The van der Waals surface area contributed by atoms with Gasteiger partial charge in [-0.25, -0.2) is 14.3 Å². The van der Waals surface area contributed by atoms with E-state index < -0.39 is 0 Å². The van der Waals surface area contributed by atoms with Crippen LogP contribution in [-0.4, -0.2) is 67.2 Å². The average molecular weight is 501 g/mol. The summed E-state index contributed by atoms with van der Waals surface area (Å²) in [4.78, 5) is 17.1. The maximum atomic E-state index is 4.80. The predicted molar refractivity (Wildman–Crippen MR) is 146 cm³/mol. The third kappa shape index (κ3) is 5.75. The molecule has 0 radical (unpaired) electrons. The third-order valence-corrected chi connectivity index (χ3v) is 7.58. The van der Waals surface area contributed by atoms with Gasteiger partial charge in [0, 0.05) is 59.1 Å². The van der Waals surface area contributed by atoms with Crippen molar-refractivity contribution in [2.24, 2.45) is 0 Å². The van der Waals surface area contributed by atoms with Crippen LogP contribution in [0.15, 0.2) is 72.1 Å². The van der Waals surface area contributed by atoms with Crippen molar-refractivity contribution in [3.05, 3.63) is 67.3 Å². The molecule has 0 saturated carbocycles. The van der Waals surface area contributed by atoms with Crippen LogP contribution in [-0.2, 0) is 6.54 Å². The summed E-state index contributed by atoms with van der Waals surface area (Å²) in [5.74, 6) is 0.553. The molecule has 0 aliphatic carbocycles. The number of aromatic nitrogens is 5. The minimum Gasteiger partial charge on any atom is -0.324 e. The average Bonchev–Trinajstić information content (AvgIpc) is 3.36. The van der Waals surface area contributed by atoms with Gasteiger partial charge in [0.05, 0.1) is 5.69 Å². The second-order valence-electron chi connectivity index (χ2n) is 9.08. The van der Waals surface area contributed by atoms with Gasteiger partial charge in [0.15, 0.2) is 0 Å². The lowest BCUT2D eigenvalue weighted by Gasteiger charge is -2.34. The van der Waals surface area contributed by atoms with E-state index in [1.807, 2.05) is 47.2 Å². The summed E-state index contributed by atoms with van der Waals surface area (Å²) >= 11 is 1.81. The van der Waals surface area contributed by atoms with E-state index in [9.17, 15) is 0 Å². The standard InChI is InChI=1S/C27H32N8S/c1-4-35-19-24(26(32-35)20-6-5-14-28-18-20)25-11-15-29-27(31-25)30-21-7-9-23(10-8-21)36-34(3)22-12-16-33(2)17-13-22/h5-11,14-15,18-19,22H,4,12-13,16-17H2,1-3H3,(H,29,30,31). The highest BCUT2D eigenvalue weighted by atomic mass is 32.2. The van der Waals surface area contributed by atoms with E-state index >= 15 is 0 Å². The molecule has 0 atom stereocenters. The number of anilines is 2. The lowest BCUT2D eigenvalue weighted by atomic mass is 10.1. The van der Waals surface area contributed by atoms with Crippen molar-refractivity contribution in [1.82, 2.24) is 33.9 Å². The molecule has 1 aromatic carbocycles. The fourth-order valence-electron chi connectivity index (χ4n) is 4.38.